The van der Waals surface area contributed by atoms with Crippen LogP contribution in [0.4, 0.5) is 11.4 Å². The van der Waals surface area contributed by atoms with E-state index >= 15 is 0 Å². The summed E-state index contributed by atoms with van der Waals surface area (Å²) in [7, 11) is -3.71. The van der Waals surface area contributed by atoms with Crippen molar-refractivity contribution in [2.45, 2.75) is 19.9 Å². The van der Waals surface area contributed by atoms with E-state index < -0.39 is 22.0 Å². The minimum absolute atomic E-state index is 0.319. The van der Waals surface area contributed by atoms with Crippen molar-refractivity contribution in [3.63, 3.8) is 0 Å². The third kappa shape index (κ3) is 4.66. The van der Waals surface area contributed by atoms with E-state index in [1.807, 2.05) is 6.92 Å². The second-order valence-corrected chi connectivity index (χ2v) is 8.31. The second kappa shape index (κ2) is 7.64. The number of anilines is 2. The minimum Gasteiger partial charge on any atom is -0.323 e. The molecule has 5 nitrogen and oxygen atoms in total. The molecule has 8 heteroatoms. The van der Waals surface area contributed by atoms with Crippen LogP contribution in [0.25, 0.3) is 0 Å². The molecule has 134 valence electrons. The van der Waals surface area contributed by atoms with E-state index in [1.54, 1.807) is 36.4 Å². The SMILES string of the molecule is Cc1ccc(N(C(C)C(=O)Nc2ccccc2Cl)S(C)(=O)=O)cc1Cl. The predicted octanol–water partition coefficient (Wildman–Crippen LogP) is 4.10. The summed E-state index contributed by atoms with van der Waals surface area (Å²) in [5, 5.41) is 3.44. The van der Waals surface area contributed by atoms with Gasteiger partial charge in [0.2, 0.25) is 15.9 Å². The molecule has 0 heterocycles. The number of aryl methyl sites for hydroxylation is 1. The summed E-state index contributed by atoms with van der Waals surface area (Å²) in [5.41, 5.74) is 1.54. The molecule has 25 heavy (non-hydrogen) atoms. The van der Waals surface area contributed by atoms with Crippen molar-refractivity contribution < 1.29 is 13.2 Å². The summed E-state index contributed by atoms with van der Waals surface area (Å²) < 4.78 is 25.6. The lowest BCUT2D eigenvalue weighted by Crippen LogP contribution is -2.45. The van der Waals surface area contributed by atoms with Crippen molar-refractivity contribution in [3.8, 4) is 0 Å². The number of sulfonamides is 1. The predicted molar refractivity (Wildman–Crippen MR) is 103 cm³/mol. The van der Waals surface area contributed by atoms with Crippen LogP contribution in [-0.2, 0) is 14.8 Å². The molecule has 2 rings (SSSR count). The van der Waals surface area contributed by atoms with Crippen LogP contribution in [0.3, 0.4) is 0 Å². The van der Waals surface area contributed by atoms with Crippen molar-refractivity contribution in [2.24, 2.45) is 0 Å². The van der Waals surface area contributed by atoms with E-state index in [4.69, 9.17) is 23.2 Å². The van der Waals surface area contributed by atoms with E-state index in [-0.39, 0.29) is 0 Å². The van der Waals surface area contributed by atoms with Crippen LogP contribution >= 0.6 is 23.2 Å². The third-order valence-corrected chi connectivity index (χ3v) is 5.61. The van der Waals surface area contributed by atoms with Gasteiger partial charge in [-0.2, -0.15) is 0 Å². The Balaban J connectivity index is 2.36. The van der Waals surface area contributed by atoms with E-state index in [0.717, 1.165) is 16.1 Å². The van der Waals surface area contributed by atoms with Crippen molar-refractivity contribution in [3.05, 3.63) is 58.1 Å². The normalized spacial score (nSPS) is 12.5. The smallest absolute Gasteiger partial charge is 0.248 e. The maximum atomic E-state index is 12.6. The van der Waals surface area contributed by atoms with Crippen LogP contribution < -0.4 is 9.62 Å². The molecular formula is C17H18Cl2N2O3S. The fourth-order valence-electron chi connectivity index (χ4n) is 2.33. The highest BCUT2D eigenvalue weighted by atomic mass is 35.5. The molecule has 0 bridgehead atoms. The average molecular weight is 401 g/mol. The maximum absolute atomic E-state index is 12.6. The Labute approximate surface area is 157 Å². The van der Waals surface area contributed by atoms with Crippen molar-refractivity contribution in [1.29, 1.82) is 0 Å². The Kier molecular flexibility index (Phi) is 5.98. The number of carbonyl (C=O) groups excluding carboxylic acids is 1. The summed E-state index contributed by atoms with van der Waals surface area (Å²) in [6, 6.07) is 10.6. The zero-order chi connectivity index (χ0) is 18.8. The first-order valence-corrected chi connectivity index (χ1v) is 10.0. The van der Waals surface area contributed by atoms with E-state index in [0.29, 0.717) is 21.4 Å². The number of nitrogens with one attached hydrogen (secondary N) is 1. The number of halogens is 2. The summed E-state index contributed by atoms with van der Waals surface area (Å²) >= 11 is 12.1. The fourth-order valence-corrected chi connectivity index (χ4v) is 3.85. The number of rotatable bonds is 5. The Morgan fingerprint density at radius 1 is 1.12 bits per heavy atom. The molecule has 0 saturated carbocycles. The third-order valence-electron chi connectivity index (χ3n) is 3.63. The molecule has 1 amide bonds. The number of para-hydroxylation sites is 1. The van der Waals surface area contributed by atoms with Gasteiger partial charge in [0.1, 0.15) is 6.04 Å². The Morgan fingerprint density at radius 2 is 1.76 bits per heavy atom. The Bertz CT molecular complexity index is 901. The van der Waals surface area contributed by atoms with E-state index in [9.17, 15) is 13.2 Å². The first-order chi connectivity index (χ1) is 11.6. The standard InChI is InChI=1S/C17H18Cl2N2O3S/c1-11-8-9-13(10-15(11)19)21(25(3,23)24)12(2)17(22)20-16-7-5-4-6-14(16)18/h4-10,12H,1-3H3,(H,20,22). The van der Waals surface area contributed by atoms with Gasteiger partial charge in [-0.25, -0.2) is 8.42 Å². The summed E-state index contributed by atoms with van der Waals surface area (Å²) in [6.45, 7) is 3.31. The van der Waals surface area contributed by atoms with Gasteiger partial charge in [0.15, 0.2) is 0 Å². The zero-order valence-electron chi connectivity index (χ0n) is 14.0. The van der Waals surface area contributed by atoms with Crippen LogP contribution in [0.5, 0.6) is 0 Å². The molecule has 2 aromatic rings. The van der Waals surface area contributed by atoms with Gasteiger partial charge >= 0.3 is 0 Å². The van der Waals surface area contributed by atoms with Gasteiger partial charge in [-0.1, -0.05) is 41.4 Å². The van der Waals surface area contributed by atoms with Gasteiger partial charge in [-0.15, -0.1) is 0 Å². The van der Waals surface area contributed by atoms with Gasteiger partial charge in [0, 0.05) is 5.02 Å². The maximum Gasteiger partial charge on any atom is 0.248 e. The van der Waals surface area contributed by atoms with Gasteiger partial charge in [0.25, 0.3) is 0 Å². The van der Waals surface area contributed by atoms with Gasteiger partial charge in [-0.3, -0.25) is 9.10 Å². The molecule has 0 aliphatic heterocycles. The molecule has 0 spiro atoms. The lowest BCUT2D eigenvalue weighted by Gasteiger charge is -2.28. The topological polar surface area (TPSA) is 66.5 Å². The summed E-state index contributed by atoms with van der Waals surface area (Å²) in [5.74, 6) is -0.504. The summed E-state index contributed by atoms with van der Waals surface area (Å²) in [4.78, 5) is 12.6. The molecule has 1 unspecified atom stereocenters. The molecule has 0 aliphatic rings. The Hall–Kier alpha value is -1.76. The fraction of sp³-hybridized carbons (Fsp3) is 0.235. The monoisotopic (exact) mass is 400 g/mol. The molecule has 2 aromatic carbocycles. The number of amides is 1. The molecule has 1 atom stereocenters. The highest BCUT2D eigenvalue weighted by molar-refractivity contribution is 7.92. The molecule has 1 N–H and O–H groups in total. The van der Waals surface area contributed by atoms with Crippen LogP contribution in [0.15, 0.2) is 42.5 Å². The van der Waals surface area contributed by atoms with Gasteiger partial charge < -0.3 is 5.32 Å². The minimum atomic E-state index is -3.71. The van der Waals surface area contributed by atoms with Crippen LogP contribution in [0.2, 0.25) is 10.0 Å². The van der Waals surface area contributed by atoms with E-state index in [1.165, 1.54) is 13.0 Å². The number of benzene rings is 2. The molecule has 0 radical (unpaired) electrons. The number of nitrogens with zero attached hydrogens (tertiary/aromatic N) is 1. The first-order valence-electron chi connectivity index (χ1n) is 7.42. The first kappa shape index (κ1) is 19.6. The van der Waals surface area contributed by atoms with E-state index in [2.05, 4.69) is 5.32 Å². The highest BCUT2D eigenvalue weighted by Gasteiger charge is 2.29. The lowest BCUT2D eigenvalue weighted by atomic mass is 10.2. The van der Waals surface area contributed by atoms with Crippen molar-refractivity contribution >= 4 is 50.5 Å². The lowest BCUT2D eigenvalue weighted by molar-refractivity contribution is -0.116. The highest BCUT2D eigenvalue weighted by Crippen LogP contribution is 2.27. The van der Waals surface area contributed by atoms with Crippen LogP contribution in [-0.4, -0.2) is 26.6 Å². The number of hydrogen-bond donors (Lipinski definition) is 1. The van der Waals surface area contributed by atoms with Gasteiger partial charge in [-0.05, 0) is 43.7 Å². The largest absolute Gasteiger partial charge is 0.323 e. The quantitative estimate of drug-likeness (QED) is 0.821. The molecular weight excluding hydrogens is 383 g/mol. The van der Waals surface area contributed by atoms with Crippen LogP contribution in [0, 0.1) is 6.92 Å². The van der Waals surface area contributed by atoms with Gasteiger partial charge in [0.05, 0.1) is 22.7 Å². The summed E-state index contributed by atoms with van der Waals surface area (Å²) in [6.07, 6.45) is 1.04. The average Bonchev–Trinajstić information content (AvgIpc) is 2.51. The molecule has 0 fully saturated rings. The number of carbonyl (C=O) groups is 1. The zero-order valence-corrected chi connectivity index (χ0v) is 16.3. The second-order valence-electron chi connectivity index (χ2n) is 5.64. The molecule has 0 aliphatic carbocycles. The Morgan fingerprint density at radius 3 is 2.32 bits per heavy atom. The van der Waals surface area contributed by atoms with Crippen LogP contribution in [0.1, 0.15) is 12.5 Å². The number of hydrogen-bond acceptors (Lipinski definition) is 3. The molecule has 0 aromatic heterocycles. The van der Waals surface area contributed by atoms with Crippen molar-refractivity contribution in [1.82, 2.24) is 0 Å². The van der Waals surface area contributed by atoms with Crippen molar-refractivity contribution in [2.75, 3.05) is 15.9 Å². The molecule has 0 saturated heterocycles.